The number of nitrogens with two attached hydrogens (primary N) is 1. The first-order valence-corrected chi connectivity index (χ1v) is 7.45. The van der Waals surface area contributed by atoms with Gasteiger partial charge in [-0.25, -0.2) is 13.1 Å². The van der Waals surface area contributed by atoms with Crippen molar-refractivity contribution < 1.29 is 8.42 Å². The average molecular weight is 276 g/mol. The Morgan fingerprint density at radius 2 is 2.22 bits per heavy atom. The van der Waals surface area contributed by atoms with Gasteiger partial charge in [-0.15, -0.1) is 5.10 Å². The van der Waals surface area contributed by atoms with E-state index >= 15 is 0 Å². The molecule has 0 aliphatic heterocycles. The van der Waals surface area contributed by atoms with Crippen molar-refractivity contribution in [2.75, 3.05) is 24.6 Å². The van der Waals surface area contributed by atoms with Gasteiger partial charge in [-0.05, 0) is 13.8 Å². The van der Waals surface area contributed by atoms with E-state index in [0.29, 0.717) is 25.3 Å². The maximum absolute atomic E-state index is 11.2. The number of hydrogen-bond donors (Lipinski definition) is 4. The molecule has 0 aliphatic carbocycles. The fourth-order valence-electron chi connectivity index (χ4n) is 1.29. The highest BCUT2D eigenvalue weighted by Gasteiger charge is 2.09. The van der Waals surface area contributed by atoms with Crippen LogP contribution < -0.4 is 15.8 Å². The molecule has 0 fully saturated rings. The van der Waals surface area contributed by atoms with Gasteiger partial charge < -0.3 is 11.1 Å². The number of aromatic amines is 1. The van der Waals surface area contributed by atoms with Gasteiger partial charge in [0.05, 0.1) is 5.75 Å². The van der Waals surface area contributed by atoms with E-state index in [0.717, 1.165) is 0 Å². The molecular formula is C9H20N6O2S. The molecule has 0 saturated heterocycles. The molecule has 5 N–H and O–H groups in total. The molecule has 1 heterocycles. The Morgan fingerprint density at radius 1 is 1.50 bits per heavy atom. The number of rotatable bonds is 8. The van der Waals surface area contributed by atoms with Gasteiger partial charge >= 0.3 is 0 Å². The minimum Gasteiger partial charge on any atom is -0.367 e. The number of sulfonamides is 1. The normalized spacial score (nSPS) is 13.7. The van der Waals surface area contributed by atoms with Crippen molar-refractivity contribution >= 4 is 16.0 Å². The molecule has 0 bridgehead atoms. The predicted octanol–water partition coefficient (Wildman–Crippen LogP) is -1.15. The average Bonchev–Trinajstić information content (AvgIpc) is 2.73. The van der Waals surface area contributed by atoms with Crippen molar-refractivity contribution in [1.29, 1.82) is 0 Å². The zero-order valence-corrected chi connectivity index (χ0v) is 11.4. The molecule has 1 aromatic heterocycles. The summed E-state index contributed by atoms with van der Waals surface area (Å²) in [6, 6.07) is 0.0478. The molecule has 104 valence electrons. The summed E-state index contributed by atoms with van der Waals surface area (Å²) < 4.78 is 25.0. The number of nitrogen functional groups attached to an aromatic ring is 1. The smallest absolute Gasteiger partial charge is 0.239 e. The van der Waals surface area contributed by atoms with Gasteiger partial charge in [0.2, 0.25) is 16.0 Å². The number of H-pyrrole nitrogens is 1. The van der Waals surface area contributed by atoms with Crippen LogP contribution in [0.2, 0.25) is 0 Å². The molecule has 0 amide bonds. The topological polar surface area (TPSA) is 126 Å². The lowest BCUT2D eigenvalue weighted by molar-refractivity contribution is 0.524. The predicted molar refractivity (Wildman–Crippen MR) is 69.4 cm³/mol. The molecule has 0 radical (unpaired) electrons. The number of nitrogens with one attached hydrogen (secondary N) is 3. The standard InChI is InChI=1S/C9H20N6O2S/c1-3-18(16,17)12-6-7(2)11-5-4-8-13-9(10)15-14-8/h7,11-12H,3-6H2,1-2H3,(H3,10,13,14,15). The van der Waals surface area contributed by atoms with Gasteiger partial charge in [-0.3, -0.25) is 5.10 Å². The molecule has 8 nitrogen and oxygen atoms in total. The first-order valence-electron chi connectivity index (χ1n) is 5.80. The summed E-state index contributed by atoms with van der Waals surface area (Å²) in [5.74, 6) is 1.03. The van der Waals surface area contributed by atoms with Crippen LogP contribution in [0.3, 0.4) is 0 Å². The Labute approximate surface area is 107 Å². The lowest BCUT2D eigenvalue weighted by atomic mass is 10.3. The van der Waals surface area contributed by atoms with E-state index in [4.69, 9.17) is 5.73 Å². The van der Waals surface area contributed by atoms with Crippen LogP contribution >= 0.6 is 0 Å². The summed E-state index contributed by atoms with van der Waals surface area (Å²) in [6.45, 7) is 4.56. The van der Waals surface area contributed by atoms with E-state index in [1.807, 2.05) is 6.92 Å². The van der Waals surface area contributed by atoms with Gasteiger partial charge in [0.1, 0.15) is 5.82 Å². The molecule has 0 aromatic carbocycles. The largest absolute Gasteiger partial charge is 0.367 e. The van der Waals surface area contributed by atoms with Gasteiger partial charge in [-0.2, -0.15) is 4.98 Å². The third kappa shape index (κ3) is 5.43. The highest BCUT2D eigenvalue weighted by molar-refractivity contribution is 7.89. The fourth-order valence-corrected chi connectivity index (χ4v) is 1.99. The van der Waals surface area contributed by atoms with E-state index in [2.05, 4.69) is 25.2 Å². The molecule has 18 heavy (non-hydrogen) atoms. The second-order valence-electron chi connectivity index (χ2n) is 4.00. The molecule has 1 atom stereocenters. The van der Waals surface area contributed by atoms with E-state index in [9.17, 15) is 8.42 Å². The zero-order valence-electron chi connectivity index (χ0n) is 10.6. The Kier molecular flexibility index (Phi) is 5.51. The second kappa shape index (κ2) is 6.66. The van der Waals surface area contributed by atoms with E-state index < -0.39 is 10.0 Å². The molecule has 0 spiro atoms. The molecule has 0 aliphatic rings. The van der Waals surface area contributed by atoms with Gasteiger partial charge in [0, 0.05) is 25.6 Å². The maximum Gasteiger partial charge on any atom is 0.239 e. The van der Waals surface area contributed by atoms with Gasteiger partial charge in [0.25, 0.3) is 0 Å². The van der Waals surface area contributed by atoms with Crippen LogP contribution in [-0.2, 0) is 16.4 Å². The Hall–Kier alpha value is -1.19. The Morgan fingerprint density at radius 3 is 2.78 bits per heavy atom. The number of nitrogens with zero attached hydrogens (tertiary/aromatic N) is 2. The maximum atomic E-state index is 11.2. The monoisotopic (exact) mass is 276 g/mol. The van der Waals surface area contributed by atoms with Gasteiger partial charge in [0.15, 0.2) is 0 Å². The molecule has 1 unspecified atom stereocenters. The number of anilines is 1. The molecule has 0 saturated carbocycles. The zero-order chi connectivity index (χ0) is 13.6. The Balaban J connectivity index is 2.19. The fraction of sp³-hybridized carbons (Fsp3) is 0.778. The van der Waals surface area contributed by atoms with Crippen LogP contribution in [-0.4, -0.2) is 48.5 Å². The van der Waals surface area contributed by atoms with Crippen molar-refractivity contribution in [3.8, 4) is 0 Å². The van der Waals surface area contributed by atoms with Crippen molar-refractivity contribution in [3.05, 3.63) is 5.82 Å². The van der Waals surface area contributed by atoms with Gasteiger partial charge in [-0.1, -0.05) is 0 Å². The lowest BCUT2D eigenvalue weighted by Gasteiger charge is -2.13. The van der Waals surface area contributed by atoms with E-state index in [-0.39, 0.29) is 17.7 Å². The molecule has 1 rings (SSSR count). The van der Waals surface area contributed by atoms with Crippen LogP contribution in [0.1, 0.15) is 19.7 Å². The molecule has 9 heteroatoms. The minimum absolute atomic E-state index is 0.0478. The SMILES string of the molecule is CCS(=O)(=O)NCC(C)NCCc1nc(N)n[nH]1. The summed E-state index contributed by atoms with van der Waals surface area (Å²) in [6.07, 6.45) is 0.662. The van der Waals surface area contributed by atoms with Crippen LogP contribution in [0.15, 0.2) is 0 Å². The van der Waals surface area contributed by atoms with Crippen LogP contribution in [0.5, 0.6) is 0 Å². The summed E-state index contributed by atoms with van der Waals surface area (Å²) in [5.41, 5.74) is 5.37. The molecular weight excluding hydrogens is 256 g/mol. The third-order valence-electron chi connectivity index (χ3n) is 2.39. The van der Waals surface area contributed by atoms with Crippen LogP contribution in [0.4, 0.5) is 5.95 Å². The van der Waals surface area contributed by atoms with Crippen molar-refractivity contribution in [3.63, 3.8) is 0 Å². The van der Waals surface area contributed by atoms with Crippen LogP contribution in [0, 0.1) is 0 Å². The summed E-state index contributed by atoms with van der Waals surface area (Å²) in [5, 5.41) is 9.60. The summed E-state index contributed by atoms with van der Waals surface area (Å²) >= 11 is 0. The van der Waals surface area contributed by atoms with E-state index in [1.165, 1.54) is 0 Å². The first-order chi connectivity index (χ1) is 8.43. The summed E-state index contributed by atoms with van der Waals surface area (Å²) in [4.78, 5) is 3.97. The minimum atomic E-state index is -3.12. The highest BCUT2D eigenvalue weighted by Crippen LogP contribution is 1.93. The lowest BCUT2D eigenvalue weighted by Crippen LogP contribution is -2.40. The quantitative estimate of drug-likeness (QED) is 0.475. The van der Waals surface area contributed by atoms with Crippen molar-refractivity contribution in [2.24, 2.45) is 0 Å². The molecule has 1 aromatic rings. The number of aromatic nitrogens is 3. The third-order valence-corrected chi connectivity index (χ3v) is 3.76. The highest BCUT2D eigenvalue weighted by atomic mass is 32.2. The summed E-state index contributed by atoms with van der Waals surface area (Å²) in [7, 11) is -3.12. The van der Waals surface area contributed by atoms with Crippen molar-refractivity contribution in [1.82, 2.24) is 25.2 Å². The Bertz CT molecular complexity index is 457. The van der Waals surface area contributed by atoms with Crippen molar-refractivity contribution in [2.45, 2.75) is 26.3 Å². The second-order valence-corrected chi connectivity index (χ2v) is 6.09. The van der Waals surface area contributed by atoms with E-state index in [1.54, 1.807) is 6.92 Å². The van der Waals surface area contributed by atoms with Crippen LogP contribution in [0.25, 0.3) is 0 Å². The first kappa shape index (κ1) is 14.9. The number of hydrogen-bond acceptors (Lipinski definition) is 6.